The van der Waals surface area contributed by atoms with Crippen molar-refractivity contribution in [2.45, 2.75) is 11.8 Å². The molecule has 0 aromatic heterocycles. The Morgan fingerprint density at radius 1 is 1.13 bits per heavy atom. The van der Waals surface area contributed by atoms with Gasteiger partial charge in [0, 0.05) is 10.6 Å². The molecule has 0 unspecified atom stereocenters. The highest BCUT2D eigenvalue weighted by Crippen LogP contribution is 2.23. The van der Waals surface area contributed by atoms with Gasteiger partial charge in [-0.15, -0.1) is 11.8 Å². The summed E-state index contributed by atoms with van der Waals surface area (Å²) in [5, 5.41) is 2.67. The second-order valence-electron chi connectivity index (χ2n) is 4.56. The summed E-state index contributed by atoms with van der Waals surface area (Å²) in [7, 11) is 0. The van der Waals surface area contributed by atoms with Crippen LogP contribution in [0.1, 0.15) is 17.3 Å². The Morgan fingerprint density at radius 3 is 2.52 bits per heavy atom. The quantitative estimate of drug-likeness (QED) is 0.646. The Balaban J connectivity index is 1.96. The van der Waals surface area contributed by atoms with Crippen LogP contribution in [-0.4, -0.2) is 24.2 Å². The molecule has 0 radical (unpaired) electrons. The summed E-state index contributed by atoms with van der Waals surface area (Å²) in [6.07, 6.45) is 0. The van der Waals surface area contributed by atoms with E-state index in [-0.39, 0.29) is 17.5 Å². The van der Waals surface area contributed by atoms with Gasteiger partial charge in [-0.3, -0.25) is 4.79 Å². The number of halogens is 1. The van der Waals surface area contributed by atoms with E-state index in [4.69, 9.17) is 4.74 Å². The number of carbonyl (C=O) groups is 2. The van der Waals surface area contributed by atoms with Crippen molar-refractivity contribution >= 4 is 29.3 Å². The molecule has 1 amide bonds. The fourth-order valence-corrected chi connectivity index (χ4v) is 2.68. The zero-order chi connectivity index (χ0) is 16.7. The molecule has 2 aromatic carbocycles. The van der Waals surface area contributed by atoms with Crippen LogP contribution in [0.5, 0.6) is 0 Å². The number of hydrogen-bond acceptors (Lipinski definition) is 4. The normalized spacial score (nSPS) is 10.2. The third-order valence-electron chi connectivity index (χ3n) is 2.87. The van der Waals surface area contributed by atoms with Gasteiger partial charge in [0.05, 0.1) is 17.9 Å². The number of hydrogen-bond donors (Lipinski definition) is 1. The standard InChI is InChI=1S/C17H16FNO3S/c1-2-22-17(21)14-5-3-4-6-15(14)23-11-16(20)19-13-9-7-12(18)8-10-13/h3-10H,2,11H2,1H3,(H,19,20). The van der Waals surface area contributed by atoms with Crippen molar-refractivity contribution in [3.8, 4) is 0 Å². The maximum Gasteiger partial charge on any atom is 0.339 e. The summed E-state index contributed by atoms with van der Waals surface area (Å²) in [5.74, 6) is -0.871. The van der Waals surface area contributed by atoms with Crippen LogP contribution in [0, 0.1) is 5.82 Å². The second-order valence-corrected chi connectivity index (χ2v) is 5.58. The van der Waals surface area contributed by atoms with E-state index in [1.165, 1.54) is 36.0 Å². The highest BCUT2D eigenvalue weighted by molar-refractivity contribution is 8.00. The molecule has 0 heterocycles. The molecule has 0 saturated heterocycles. The van der Waals surface area contributed by atoms with Crippen molar-refractivity contribution < 1.29 is 18.7 Å². The SMILES string of the molecule is CCOC(=O)c1ccccc1SCC(=O)Nc1ccc(F)cc1. The number of carbonyl (C=O) groups excluding carboxylic acids is 2. The molecule has 0 aliphatic carbocycles. The van der Waals surface area contributed by atoms with Gasteiger partial charge in [0.15, 0.2) is 0 Å². The van der Waals surface area contributed by atoms with Crippen LogP contribution in [0.3, 0.4) is 0 Å². The lowest BCUT2D eigenvalue weighted by molar-refractivity contribution is -0.113. The fourth-order valence-electron chi connectivity index (χ4n) is 1.84. The van der Waals surface area contributed by atoms with Crippen LogP contribution >= 0.6 is 11.8 Å². The Morgan fingerprint density at radius 2 is 1.83 bits per heavy atom. The number of nitrogens with one attached hydrogen (secondary N) is 1. The number of thioether (sulfide) groups is 1. The van der Waals surface area contributed by atoms with Gasteiger partial charge in [-0.25, -0.2) is 9.18 Å². The van der Waals surface area contributed by atoms with Crippen LogP contribution in [0.25, 0.3) is 0 Å². The highest BCUT2D eigenvalue weighted by atomic mass is 32.2. The topological polar surface area (TPSA) is 55.4 Å². The molecule has 0 bridgehead atoms. The number of benzene rings is 2. The summed E-state index contributed by atoms with van der Waals surface area (Å²) >= 11 is 1.24. The van der Waals surface area contributed by atoms with E-state index in [1.807, 2.05) is 0 Å². The number of esters is 1. The molecule has 23 heavy (non-hydrogen) atoms. The lowest BCUT2D eigenvalue weighted by Crippen LogP contribution is -2.14. The van der Waals surface area contributed by atoms with Gasteiger partial charge < -0.3 is 10.1 Å². The van der Waals surface area contributed by atoms with Crippen LogP contribution in [0.2, 0.25) is 0 Å². The van der Waals surface area contributed by atoms with E-state index in [9.17, 15) is 14.0 Å². The van der Waals surface area contributed by atoms with E-state index >= 15 is 0 Å². The predicted molar refractivity (Wildman–Crippen MR) is 88.2 cm³/mol. The third kappa shape index (κ3) is 5.10. The minimum absolute atomic E-state index is 0.133. The van der Waals surface area contributed by atoms with Crippen molar-refractivity contribution in [3.05, 3.63) is 59.9 Å². The van der Waals surface area contributed by atoms with Crippen molar-refractivity contribution in [2.75, 3.05) is 17.7 Å². The van der Waals surface area contributed by atoms with Gasteiger partial charge in [0.25, 0.3) is 0 Å². The highest BCUT2D eigenvalue weighted by Gasteiger charge is 2.13. The van der Waals surface area contributed by atoms with Gasteiger partial charge in [-0.05, 0) is 43.3 Å². The zero-order valence-corrected chi connectivity index (χ0v) is 13.4. The molecular formula is C17H16FNO3S. The van der Waals surface area contributed by atoms with E-state index in [1.54, 1.807) is 31.2 Å². The molecule has 0 aliphatic heterocycles. The Hall–Kier alpha value is -2.34. The predicted octanol–water partition coefficient (Wildman–Crippen LogP) is 3.73. The first kappa shape index (κ1) is 17.0. The van der Waals surface area contributed by atoms with Gasteiger partial charge in [-0.1, -0.05) is 12.1 Å². The minimum atomic E-state index is -0.408. The molecule has 0 saturated carbocycles. The van der Waals surface area contributed by atoms with E-state index in [2.05, 4.69) is 5.32 Å². The van der Waals surface area contributed by atoms with E-state index in [0.717, 1.165) is 0 Å². The Labute approximate surface area is 138 Å². The maximum absolute atomic E-state index is 12.8. The molecular weight excluding hydrogens is 317 g/mol. The summed E-state index contributed by atoms with van der Waals surface area (Å²) in [6, 6.07) is 12.5. The van der Waals surface area contributed by atoms with Gasteiger partial charge in [0.2, 0.25) is 5.91 Å². The number of ether oxygens (including phenoxy) is 1. The fraction of sp³-hybridized carbons (Fsp3) is 0.176. The number of anilines is 1. The molecule has 0 spiro atoms. The Bertz CT molecular complexity index is 688. The summed E-state index contributed by atoms with van der Waals surface area (Å²) < 4.78 is 17.8. The molecule has 4 nitrogen and oxygen atoms in total. The molecule has 1 N–H and O–H groups in total. The first-order valence-corrected chi connectivity index (χ1v) is 8.03. The molecule has 0 aliphatic rings. The molecule has 2 aromatic rings. The summed E-state index contributed by atoms with van der Waals surface area (Å²) in [5.41, 5.74) is 0.963. The van der Waals surface area contributed by atoms with Crippen LogP contribution in [0.15, 0.2) is 53.4 Å². The smallest absolute Gasteiger partial charge is 0.339 e. The van der Waals surface area contributed by atoms with Gasteiger partial charge in [-0.2, -0.15) is 0 Å². The van der Waals surface area contributed by atoms with Gasteiger partial charge >= 0.3 is 5.97 Å². The molecule has 6 heteroatoms. The zero-order valence-electron chi connectivity index (χ0n) is 12.5. The van der Waals surface area contributed by atoms with Crippen molar-refractivity contribution in [2.24, 2.45) is 0 Å². The summed E-state index contributed by atoms with van der Waals surface area (Å²) in [6.45, 7) is 2.03. The average molecular weight is 333 g/mol. The first-order valence-electron chi connectivity index (χ1n) is 7.04. The average Bonchev–Trinajstić information content (AvgIpc) is 2.55. The van der Waals surface area contributed by atoms with Crippen LogP contribution in [-0.2, 0) is 9.53 Å². The lowest BCUT2D eigenvalue weighted by atomic mass is 10.2. The maximum atomic E-state index is 12.8. The summed E-state index contributed by atoms with van der Waals surface area (Å²) in [4.78, 5) is 24.5. The van der Waals surface area contributed by atoms with Crippen molar-refractivity contribution in [3.63, 3.8) is 0 Å². The number of rotatable bonds is 6. The third-order valence-corrected chi connectivity index (χ3v) is 3.94. The van der Waals surface area contributed by atoms with Crippen LogP contribution < -0.4 is 5.32 Å². The lowest BCUT2D eigenvalue weighted by Gasteiger charge is -2.09. The second kappa shape index (κ2) is 8.33. The van der Waals surface area contributed by atoms with Gasteiger partial charge in [0.1, 0.15) is 5.82 Å². The van der Waals surface area contributed by atoms with Crippen LogP contribution in [0.4, 0.5) is 10.1 Å². The minimum Gasteiger partial charge on any atom is -0.462 e. The molecule has 0 atom stereocenters. The van der Waals surface area contributed by atoms with E-state index < -0.39 is 5.97 Å². The monoisotopic (exact) mass is 333 g/mol. The first-order chi connectivity index (χ1) is 11.1. The van der Waals surface area contributed by atoms with Crippen molar-refractivity contribution in [1.29, 1.82) is 0 Å². The Kier molecular flexibility index (Phi) is 6.17. The van der Waals surface area contributed by atoms with Crippen molar-refractivity contribution in [1.82, 2.24) is 0 Å². The largest absolute Gasteiger partial charge is 0.462 e. The molecule has 2 rings (SSSR count). The molecule has 120 valence electrons. The molecule has 0 fully saturated rings. The van der Waals surface area contributed by atoms with E-state index in [0.29, 0.717) is 22.8 Å². The number of amides is 1.